The van der Waals surface area contributed by atoms with Crippen molar-refractivity contribution in [3.05, 3.63) is 79.6 Å². The number of aliphatic imine (C=N–C) groups is 1. The number of carboxylic acids is 1. The third-order valence-corrected chi connectivity index (χ3v) is 5.16. The van der Waals surface area contributed by atoms with Crippen LogP contribution in [0.2, 0.25) is 10.0 Å². The normalized spacial score (nSPS) is 14.8. The van der Waals surface area contributed by atoms with E-state index in [0.717, 1.165) is 0 Å². The topological polar surface area (TPSA) is 108 Å². The zero-order valence-electron chi connectivity index (χ0n) is 14.9. The molecule has 7 nitrogen and oxygen atoms in total. The van der Waals surface area contributed by atoms with Crippen molar-refractivity contribution in [3.63, 3.8) is 0 Å². The molecule has 152 valence electrons. The maximum absolute atomic E-state index is 14.1. The van der Waals surface area contributed by atoms with Crippen LogP contribution < -0.4 is 5.69 Å². The summed E-state index contributed by atoms with van der Waals surface area (Å²) < 4.78 is 14.8. The number of allylic oxidation sites excluding steroid dienone is 1. The van der Waals surface area contributed by atoms with Gasteiger partial charge in [-0.15, -0.1) is 0 Å². The Morgan fingerprint density at radius 1 is 1.20 bits per heavy atom. The molecule has 4 rings (SSSR count). The SMILES string of the molecule is O=C(O)C(c1ccc(Cl)cc1)n1c(O)c(/C=C2\C=Nc3c2ccc(Cl)c3F)[nH]c1=O. The van der Waals surface area contributed by atoms with Gasteiger partial charge >= 0.3 is 11.7 Å². The van der Waals surface area contributed by atoms with E-state index in [0.29, 0.717) is 20.7 Å². The summed E-state index contributed by atoms with van der Waals surface area (Å²) in [6.07, 6.45) is 2.73. The van der Waals surface area contributed by atoms with Crippen molar-refractivity contribution >= 4 is 52.7 Å². The van der Waals surface area contributed by atoms with Gasteiger partial charge in [-0.3, -0.25) is 4.99 Å². The third-order valence-electron chi connectivity index (χ3n) is 4.62. The van der Waals surface area contributed by atoms with Crippen molar-refractivity contribution in [2.75, 3.05) is 0 Å². The molecule has 30 heavy (non-hydrogen) atoms. The quantitative estimate of drug-likeness (QED) is 0.555. The number of nitrogens with zero attached hydrogens (tertiary/aromatic N) is 2. The van der Waals surface area contributed by atoms with E-state index >= 15 is 0 Å². The van der Waals surface area contributed by atoms with Crippen LogP contribution in [0.4, 0.5) is 10.1 Å². The molecular formula is C20H12Cl2FN3O4. The van der Waals surface area contributed by atoms with E-state index in [1.807, 2.05) is 0 Å². The Morgan fingerprint density at radius 3 is 2.57 bits per heavy atom. The van der Waals surface area contributed by atoms with Crippen LogP contribution in [-0.2, 0) is 4.79 Å². The second kappa shape index (κ2) is 7.47. The van der Waals surface area contributed by atoms with Crippen LogP contribution in [0.5, 0.6) is 5.88 Å². The highest BCUT2D eigenvalue weighted by Crippen LogP contribution is 2.38. The molecule has 10 heteroatoms. The lowest BCUT2D eigenvalue weighted by Gasteiger charge is -2.14. The Morgan fingerprint density at radius 2 is 1.90 bits per heavy atom. The predicted octanol–water partition coefficient (Wildman–Crippen LogP) is 4.26. The van der Waals surface area contributed by atoms with E-state index in [2.05, 4.69) is 9.98 Å². The third kappa shape index (κ3) is 3.30. The fourth-order valence-corrected chi connectivity index (χ4v) is 3.50. The average molecular weight is 448 g/mol. The number of carbonyl (C=O) groups is 1. The van der Waals surface area contributed by atoms with Crippen LogP contribution in [0.1, 0.15) is 22.9 Å². The summed E-state index contributed by atoms with van der Waals surface area (Å²) in [5.74, 6) is -2.62. The van der Waals surface area contributed by atoms with Crippen LogP contribution >= 0.6 is 23.2 Å². The predicted molar refractivity (Wildman–Crippen MR) is 111 cm³/mol. The number of hydrogen-bond donors (Lipinski definition) is 3. The van der Waals surface area contributed by atoms with Gasteiger partial charge in [-0.1, -0.05) is 41.4 Å². The smallest absolute Gasteiger partial charge is 0.331 e. The summed E-state index contributed by atoms with van der Waals surface area (Å²) in [4.78, 5) is 30.7. The fraction of sp³-hybridized carbons (Fsp3) is 0.0500. The number of carboxylic acid groups (broad SMARTS) is 1. The number of aliphatic carboxylic acids is 1. The Hall–Kier alpha value is -3.36. The zero-order valence-corrected chi connectivity index (χ0v) is 16.4. The van der Waals surface area contributed by atoms with E-state index in [4.69, 9.17) is 23.2 Å². The minimum atomic E-state index is -1.49. The van der Waals surface area contributed by atoms with E-state index in [1.54, 1.807) is 6.07 Å². The Bertz CT molecular complexity index is 1290. The van der Waals surface area contributed by atoms with Crippen molar-refractivity contribution in [1.82, 2.24) is 9.55 Å². The summed E-state index contributed by atoms with van der Waals surface area (Å²) in [6, 6.07) is 7.30. The highest BCUT2D eigenvalue weighted by Gasteiger charge is 2.28. The minimum Gasteiger partial charge on any atom is -0.493 e. The molecule has 1 atom stereocenters. The number of aromatic nitrogens is 2. The lowest BCUT2D eigenvalue weighted by atomic mass is 10.1. The van der Waals surface area contributed by atoms with Gasteiger partial charge in [0.2, 0.25) is 5.88 Å². The lowest BCUT2D eigenvalue weighted by Crippen LogP contribution is -2.28. The van der Waals surface area contributed by atoms with Crippen LogP contribution in [-0.4, -0.2) is 31.9 Å². The molecule has 0 aliphatic carbocycles. The number of rotatable bonds is 4. The number of benzene rings is 2. The molecule has 3 aromatic rings. The first kappa shape index (κ1) is 19.9. The molecule has 3 N–H and O–H groups in total. The maximum atomic E-state index is 14.1. The van der Waals surface area contributed by atoms with Crippen LogP contribution in [0.3, 0.4) is 0 Å². The van der Waals surface area contributed by atoms with Crippen molar-refractivity contribution in [1.29, 1.82) is 0 Å². The van der Waals surface area contributed by atoms with Gasteiger partial charge in [-0.2, -0.15) is 0 Å². The number of nitrogens with one attached hydrogen (secondary N) is 1. The molecule has 2 heterocycles. The summed E-state index contributed by atoms with van der Waals surface area (Å²) in [5, 5.41) is 20.6. The van der Waals surface area contributed by atoms with Crippen LogP contribution in [0.15, 0.2) is 46.2 Å². The molecule has 0 saturated carbocycles. The average Bonchev–Trinajstić information content (AvgIpc) is 3.23. The first-order chi connectivity index (χ1) is 14.3. The molecule has 0 amide bonds. The van der Waals surface area contributed by atoms with Crippen molar-refractivity contribution in [3.8, 4) is 5.88 Å². The minimum absolute atomic E-state index is 0.0413. The van der Waals surface area contributed by atoms with E-state index < -0.39 is 29.4 Å². The second-order valence-corrected chi connectivity index (χ2v) is 7.29. The summed E-state index contributed by atoms with van der Waals surface area (Å²) >= 11 is 11.6. The Balaban J connectivity index is 1.81. The number of H-pyrrole nitrogens is 1. The van der Waals surface area contributed by atoms with Gasteiger partial charge in [0, 0.05) is 22.4 Å². The lowest BCUT2D eigenvalue weighted by molar-refractivity contribution is -0.139. The largest absolute Gasteiger partial charge is 0.493 e. The number of fused-ring (bicyclic) bond motifs is 1. The fourth-order valence-electron chi connectivity index (χ4n) is 3.22. The summed E-state index contributed by atoms with van der Waals surface area (Å²) in [5.41, 5.74) is 0.218. The zero-order chi connectivity index (χ0) is 21.6. The molecule has 0 fully saturated rings. The first-order valence-electron chi connectivity index (χ1n) is 8.54. The Kier molecular flexibility index (Phi) is 4.97. The number of hydrogen-bond acceptors (Lipinski definition) is 4. The number of halogens is 3. The van der Waals surface area contributed by atoms with Crippen LogP contribution in [0.25, 0.3) is 11.6 Å². The van der Waals surface area contributed by atoms with Crippen LogP contribution in [0, 0.1) is 5.82 Å². The standard InChI is InChI=1S/C20H12Cl2FN3O4/c21-11-3-1-9(2-4-11)17(19(28)29)26-18(27)14(25-20(26)30)7-10-8-24-16-12(10)5-6-13(22)15(16)23/h1-8,17,27H,(H,25,30)(H,28,29)/b10-7+. The van der Waals surface area contributed by atoms with Crippen molar-refractivity contribution in [2.45, 2.75) is 6.04 Å². The van der Waals surface area contributed by atoms with Gasteiger partial charge in [-0.25, -0.2) is 18.5 Å². The van der Waals surface area contributed by atoms with E-state index in [1.165, 1.54) is 42.6 Å². The molecule has 0 saturated heterocycles. The molecule has 1 aliphatic heterocycles. The molecule has 2 aromatic carbocycles. The second-order valence-electron chi connectivity index (χ2n) is 6.45. The van der Waals surface area contributed by atoms with Crippen molar-refractivity contribution < 1.29 is 19.4 Å². The maximum Gasteiger partial charge on any atom is 0.331 e. The molecule has 0 spiro atoms. The highest BCUT2D eigenvalue weighted by molar-refractivity contribution is 6.32. The van der Waals surface area contributed by atoms with Gasteiger partial charge in [0.1, 0.15) is 11.4 Å². The van der Waals surface area contributed by atoms with Crippen molar-refractivity contribution in [2.24, 2.45) is 4.99 Å². The number of imidazole rings is 1. The molecule has 0 bridgehead atoms. The summed E-state index contributed by atoms with van der Waals surface area (Å²) in [7, 11) is 0. The highest BCUT2D eigenvalue weighted by atomic mass is 35.5. The van der Waals surface area contributed by atoms with Gasteiger partial charge < -0.3 is 15.2 Å². The van der Waals surface area contributed by atoms with E-state index in [9.17, 15) is 24.2 Å². The van der Waals surface area contributed by atoms with Gasteiger partial charge in [0.15, 0.2) is 11.9 Å². The molecule has 1 aliphatic rings. The van der Waals surface area contributed by atoms with Gasteiger partial charge in [0.25, 0.3) is 0 Å². The van der Waals surface area contributed by atoms with E-state index in [-0.39, 0.29) is 22.0 Å². The van der Waals surface area contributed by atoms with Gasteiger partial charge in [-0.05, 0) is 29.8 Å². The Labute approximate surface area is 178 Å². The molecule has 1 unspecified atom stereocenters. The molecule has 0 radical (unpaired) electrons. The number of aromatic hydroxyl groups is 1. The molecular weight excluding hydrogens is 436 g/mol. The summed E-state index contributed by atoms with van der Waals surface area (Å²) in [6.45, 7) is 0. The number of aromatic amines is 1. The van der Waals surface area contributed by atoms with Gasteiger partial charge in [0.05, 0.1) is 5.02 Å². The molecule has 1 aromatic heterocycles. The monoisotopic (exact) mass is 447 g/mol. The first-order valence-corrected chi connectivity index (χ1v) is 9.29.